The lowest BCUT2D eigenvalue weighted by molar-refractivity contribution is -0.140. The van der Waals surface area contributed by atoms with Gasteiger partial charge in [-0.25, -0.2) is 4.98 Å². The molecule has 5 heteroatoms. The lowest BCUT2D eigenvalue weighted by Gasteiger charge is -2.33. The molecule has 0 unspecified atom stereocenters. The summed E-state index contributed by atoms with van der Waals surface area (Å²) >= 11 is 0. The summed E-state index contributed by atoms with van der Waals surface area (Å²) < 4.78 is 5.71. The summed E-state index contributed by atoms with van der Waals surface area (Å²) in [6.07, 6.45) is 1.72. The minimum absolute atomic E-state index is 0.0310. The molecule has 108 valence electrons. The van der Waals surface area contributed by atoms with Gasteiger partial charge in [-0.2, -0.15) is 0 Å². The minimum Gasteiger partial charge on any atom is -0.480 e. The third-order valence-corrected chi connectivity index (χ3v) is 2.89. The average molecular weight is 268 g/mol. The zero-order chi connectivity index (χ0) is 14.8. The first-order chi connectivity index (χ1) is 8.50. The van der Waals surface area contributed by atoms with Crippen molar-refractivity contribution in [3.63, 3.8) is 0 Å². The minimum atomic E-state index is -0.850. The van der Waals surface area contributed by atoms with Gasteiger partial charge in [-0.3, -0.25) is 9.69 Å². The Labute approximate surface area is 114 Å². The Morgan fingerprint density at radius 3 is 2.26 bits per heavy atom. The molecule has 1 aromatic heterocycles. The van der Waals surface area contributed by atoms with Crippen LogP contribution in [-0.2, 0) is 16.8 Å². The lowest BCUT2D eigenvalue weighted by Crippen LogP contribution is -2.43. The third-order valence-electron chi connectivity index (χ3n) is 2.89. The average Bonchev–Trinajstić information content (AvgIpc) is 2.62. The number of carboxylic acids is 1. The molecule has 0 aliphatic carbocycles. The normalized spacial score (nSPS) is 13.0. The van der Waals surface area contributed by atoms with Crippen LogP contribution < -0.4 is 0 Å². The molecule has 1 N–H and O–H groups in total. The van der Waals surface area contributed by atoms with Crippen LogP contribution in [-0.4, -0.2) is 33.0 Å². The first-order valence-corrected chi connectivity index (χ1v) is 6.42. The van der Waals surface area contributed by atoms with Gasteiger partial charge < -0.3 is 9.52 Å². The molecular formula is C14H24N2O3. The molecule has 1 rings (SSSR count). The van der Waals surface area contributed by atoms with E-state index in [1.165, 1.54) is 0 Å². The van der Waals surface area contributed by atoms with Gasteiger partial charge >= 0.3 is 5.97 Å². The number of rotatable bonds is 4. The molecule has 0 radical (unpaired) electrons. The van der Waals surface area contributed by atoms with E-state index in [-0.39, 0.29) is 17.5 Å². The zero-order valence-electron chi connectivity index (χ0n) is 12.6. The van der Waals surface area contributed by atoms with Crippen LogP contribution in [0.1, 0.15) is 53.2 Å². The van der Waals surface area contributed by atoms with Crippen molar-refractivity contribution < 1.29 is 14.3 Å². The number of aliphatic carboxylic acids is 1. The van der Waals surface area contributed by atoms with Crippen LogP contribution in [0.5, 0.6) is 0 Å². The third kappa shape index (κ3) is 4.67. The highest BCUT2D eigenvalue weighted by atomic mass is 16.4. The van der Waals surface area contributed by atoms with Crippen molar-refractivity contribution in [1.29, 1.82) is 0 Å². The maximum atomic E-state index is 10.9. The van der Waals surface area contributed by atoms with Crippen LogP contribution in [0.4, 0.5) is 0 Å². The second-order valence-electron chi connectivity index (χ2n) is 6.79. The van der Waals surface area contributed by atoms with Gasteiger partial charge in [0, 0.05) is 11.0 Å². The number of carbonyl (C=O) groups is 1. The summed E-state index contributed by atoms with van der Waals surface area (Å²) in [7, 11) is 0. The molecular weight excluding hydrogens is 244 g/mol. The molecule has 0 fully saturated rings. The van der Waals surface area contributed by atoms with Gasteiger partial charge in [-0.1, -0.05) is 20.8 Å². The number of aromatic nitrogens is 1. The van der Waals surface area contributed by atoms with E-state index in [0.717, 1.165) is 5.76 Å². The molecule has 0 saturated carbocycles. The number of oxazole rings is 1. The van der Waals surface area contributed by atoms with E-state index in [2.05, 4.69) is 25.8 Å². The predicted octanol–water partition coefficient (Wildman–Crippen LogP) is 2.66. The summed E-state index contributed by atoms with van der Waals surface area (Å²) in [5.74, 6) is 0.519. The van der Waals surface area contributed by atoms with Crippen LogP contribution in [0, 0.1) is 0 Å². The SMILES string of the molecule is CC(C)(C)c1cnc(CN(CC(=O)O)C(C)(C)C)o1. The molecule has 0 amide bonds. The summed E-state index contributed by atoms with van der Waals surface area (Å²) in [4.78, 5) is 17.0. The fourth-order valence-corrected chi connectivity index (χ4v) is 1.59. The van der Waals surface area contributed by atoms with Crippen LogP contribution in [0.15, 0.2) is 10.6 Å². The zero-order valence-corrected chi connectivity index (χ0v) is 12.6. The largest absolute Gasteiger partial charge is 0.480 e. The van der Waals surface area contributed by atoms with Gasteiger partial charge in [-0.15, -0.1) is 0 Å². The van der Waals surface area contributed by atoms with Crippen LogP contribution >= 0.6 is 0 Å². The van der Waals surface area contributed by atoms with E-state index in [0.29, 0.717) is 12.4 Å². The summed E-state index contributed by atoms with van der Waals surface area (Å²) in [5.41, 5.74) is -0.348. The molecule has 19 heavy (non-hydrogen) atoms. The molecule has 1 heterocycles. The van der Waals surface area contributed by atoms with Crippen molar-refractivity contribution in [3.8, 4) is 0 Å². The quantitative estimate of drug-likeness (QED) is 0.909. The Morgan fingerprint density at radius 1 is 1.32 bits per heavy atom. The summed E-state index contributed by atoms with van der Waals surface area (Å²) in [6.45, 7) is 12.4. The van der Waals surface area contributed by atoms with E-state index in [9.17, 15) is 4.79 Å². The van der Waals surface area contributed by atoms with Gasteiger partial charge in [0.1, 0.15) is 5.76 Å². The van der Waals surface area contributed by atoms with Crippen molar-refractivity contribution in [2.24, 2.45) is 0 Å². The smallest absolute Gasteiger partial charge is 0.317 e. The van der Waals surface area contributed by atoms with E-state index in [1.54, 1.807) is 6.20 Å². The van der Waals surface area contributed by atoms with Crippen LogP contribution in [0.25, 0.3) is 0 Å². The van der Waals surface area contributed by atoms with Crippen LogP contribution in [0.2, 0.25) is 0 Å². The number of hydrogen-bond acceptors (Lipinski definition) is 4. The lowest BCUT2D eigenvalue weighted by atomic mass is 9.94. The van der Waals surface area contributed by atoms with Gasteiger partial charge in [0.2, 0.25) is 5.89 Å². The topological polar surface area (TPSA) is 66.6 Å². The highest BCUT2D eigenvalue weighted by Crippen LogP contribution is 2.24. The Kier molecular flexibility index (Phi) is 4.40. The molecule has 0 aliphatic heterocycles. The van der Waals surface area contributed by atoms with Crippen molar-refractivity contribution in [2.75, 3.05) is 6.54 Å². The second-order valence-corrected chi connectivity index (χ2v) is 6.79. The molecule has 0 spiro atoms. The van der Waals surface area contributed by atoms with E-state index in [4.69, 9.17) is 9.52 Å². The molecule has 0 aliphatic rings. The Hall–Kier alpha value is -1.36. The fourth-order valence-electron chi connectivity index (χ4n) is 1.59. The Balaban J connectivity index is 2.85. The standard InChI is InChI=1S/C14H24N2O3/c1-13(2,3)10-7-15-11(19-10)8-16(9-12(17)18)14(4,5)6/h7H,8-9H2,1-6H3,(H,17,18). The maximum Gasteiger partial charge on any atom is 0.317 e. The first-order valence-electron chi connectivity index (χ1n) is 6.42. The summed E-state index contributed by atoms with van der Waals surface area (Å²) in [5, 5.41) is 8.97. The molecule has 0 bridgehead atoms. The molecule has 1 aromatic rings. The number of hydrogen-bond donors (Lipinski definition) is 1. The maximum absolute atomic E-state index is 10.9. The monoisotopic (exact) mass is 268 g/mol. The number of carboxylic acid groups (broad SMARTS) is 1. The van der Waals surface area contributed by atoms with Gasteiger partial charge in [-0.05, 0) is 20.8 Å². The highest BCUT2D eigenvalue weighted by Gasteiger charge is 2.26. The number of nitrogens with zero attached hydrogens (tertiary/aromatic N) is 2. The highest BCUT2D eigenvalue weighted by molar-refractivity contribution is 5.69. The van der Waals surface area contributed by atoms with E-state index in [1.807, 2.05) is 25.7 Å². The second kappa shape index (κ2) is 5.33. The van der Waals surface area contributed by atoms with Crippen molar-refractivity contribution in [2.45, 2.75) is 59.0 Å². The van der Waals surface area contributed by atoms with Crippen molar-refractivity contribution in [3.05, 3.63) is 17.8 Å². The van der Waals surface area contributed by atoms with E-state index < -0.39 is 5.97 Å². The first kappa shape index (κ1) is 15.7. The van der Waals surface area contributed by atoms with Crippen molar-refractivity contribution >= 4 is 5.97 Å². The Morgan fingerprint density at radius 2 is 1.89 bits per heavy atom. The van der Waals surface area contributed by atoms with Gasteiger partial charge in [0.05, 0.1) is 19.3 Å². The molecule has 0 atom stereocenters. The molecule has 0 saturated heterocycles. The molecule has 0 aromatic carbocycles. The van der Waals surface area contributed by atoms with E-state index >= 15 is 0 Å². The summed E-state index contributed by atoms with van der Waals surface area (Å²) in [6, 6.07) is 0. The predicted molar refractivity (Wildman–Crippen MR) is 73.0 cm³/mol. The van der Waals surface area contributed by atoms with Crippen LogP contribution in [0.3, 0.4) is 0 Å². The van der Waals surface area contributed by atoms with Gasteiger partial charge in [0.25, 0.3) is 0 Å². The van der Waals surface area contributed by atoms with Crippen molar-refractivity contribution in [1.82, 2.24) is 9.88 Å². The molecule has 5 nitrogen and oxygen atoms in total. The Bertz CT molecular complexity index is 438. The van der Waals surface area contributed by atoms with Gasteiger partial charge in [0.15, 0.2) is 0 Å². The fraction of sp³-hybridized carbons (Fsp3) is 0.714.